The first-order valence-electron chi connectivity index (χ1n) is 14.6. The molecule has 0 N–H and O–H groups in total. The van der Waals surface area contributed by atoms with Crippen LogP contribution in [0.3, 0.4) is 0 Å². The quantitative estimate of drug-likeness (QED) is 0.162. The fraction of sp³-hybridized carbons (Fsp3) is 0.576. The minimum Gasteiger partial charge on any atom is -0.493 e. The summed E-state index contributed by atoms with van der Waals surface area (Å²) < 4.78 is 24.2. The Morgan fingerprint density at radius 1 is 0.949 bits per heavy atom. The van der Waals surface area contributed by atoms with Gasteiger partial charge in [-0.25, -0.2) is 4.39 Å². The molecule has 1 saturated heterocycles. The summed E-state index contributed by atoms with van der Waals surface area (Å²) in [5.41, 5.74) is 1.03. The molecule has 5 nitrogen and oxygen atoms in total. The summed E-state index contributed by atoms with van der Waals surface area (Å²) in [4.78, 5) is 15.3. The van der Waals surface area contributed by atoms with Gasteiger partial charge in [0.2, 0.25) is 0 Å². The number of nitriles is 1. The van der Waals surface area contributed by atoms with Crippen LogP contribution in [0, 0.1) is 23.1 Å². The number of unbranched alkanes of at least 4 members (excludes halogenated alkanes) is 5. The highest BCUT2D eigenvalue weighted by molar-refractivity contribution is 5.97. The molecule has 212 valence electrons. The van der Waals surface area contributed by atoms with E-state index >= 15 is 0 Å². The molecule has 39 heavy (non-hydrogen) atoms. The van der Waals surface area contributed by atoms with Gasteiger partial charge in [0.1, 0.15) is 5.82 Å². The van der Waals surface area contributed by atoms with Crippen molar-refractivity contribution in [2.24, 2.45) is 5.92 Å². The minimum atomic E-state index is -0.568. The van der Waals surface area contributed by atoms with Gasteiger partial charge >= 0.3 is 0 Å². The zero-order chi connectivity index (χ0) is 28.1. The smallest absolute Gasteiger partial charge is 0.166 e. The molecule has 0 aromatic heterocycles. The number of likely N-dealkylation sites (tertiary alicyclic amines) is 1. The van der Waals surface area contributed by atoms with Gasteiger partial charge in [-0.1, -0.05) is 51.5 Å². The van der Waals surface area contributed by atoms with Crippen LogP contribution in [0.4, 0.5) is 4.39 Å². The first-order valence-corrected chi connectivity index (χ1v) is 14.6. The van der Waals surface area contributed by atoms with E-state index in [0.29, 0.717) is 17.1 Å². The summed E-state index contributed by atoms with van der Waals surface area (Å²) in [5, 5.41) is 10.5. The Kier molecular flexibility index (Phi) is 12.3. The topological polar surface area (TPSA) is 62.6 Å². The minimum absolute atomic E-state index is 0.00983. The zero-order valence-corrected chi connectivity index (χ0v) is 24.0. The van der Waals surface area contributed by atoms with E-state index in [-0.39, 0.29) is 17.5 Å². The lowest BCUT2D eigenvalue weighted by Crippen LogP contribution is -2.37. The Morgan fingerprint density at radius 2 is 1.59 bits per heavy atom. The Bertz CT molecular complexity index is 1070. The van der Waals surface area contributed by atoms with Crippen molar-refractivity contribution < 1.29 is 18.7 Å². The van der Waals surface area contributed by atoms with Crippen LogP contribution in [0.5, 0.6) is 11.5 Å². The average Bonchev–Trinajstić information content (AvgIpc) is 2.98. The monoisotopic (exact) mass is 536 g/mol. The van der Waals surface area contributed by atoms with Crippen molar-refractivity contribution in [2.75, 3.05) is 33.9 Å². The molecule has 0 aliphatic carbocycles. The van der Waals surface area contributed by atoms with E-state index in [0.717, 1.165) is 70.1 Å². The number of halogens is 1. The Balaban J connectivity index is 1.60. The van der Waals surface area contributed by atoms with E-state index in [1.165, 1.54) is 37.8 Å². The molecule has 3 rings (SSSR count). The van der Waals surface area contributed by atoms with Crippen molar-refractivity contribution in [3.63, 3.8) is 0 Å². The number of carbonyl (C=O) groups excluding carboxylic acids is 1. The van der Waals surface area contributed by atoms with Gasteiger partial charge in [-0.2, -0.15) is 5.26 Å². The van der Waals surface area contributed by atoms with E-state index in [4.69, 9.17) is 9.47 Å². The molecular formula is C33H45FN2O3. The fourth-order valence-corrected chi connectivity index (χ4v) is 5.80. The molecule has 0 amide bonds. The zero-order valence-electron chi connectivity index (χ0n) is 24.0. The third-order valence-electron chi connectivity index (χ3n) is 8.27. The van der Waals surface area contributed by atoms with Crippen molar-refractivity contribution in [3.05, 3.63) is 59.4 Å². The summed E-state index contributed by atoms with van der Waals surface area (Å²) in [5.74, 6) is 1.12. The largest absolute Gasteiger partial charge is 0.493 e. The number of hydrogen-bond acceptors (Lipinski definition) is 5. The maximum Gasteiger partial charge on any atom is 0.166 e. The number of benzene rings is 2. The van der Waals surface area contributed by atoms with E-state index in [1.807, 2.05) is 18.2 Å². The van der Waals surface area contributed by atoms with Crippen molar-refractivity contribution in [2.45, 2.75) is 83.0 Å². The molecule has 2 aromatic carbocycles. The van der Waals surface area contributed by atoms with Gasteiger partial charge in [0.25, 0.3) is 0 Å². The van der Waals surface area contributed by atoms with E-state index < -0.39 is 5.41 Å². The summed E-state index contributed by atoms with van der Waals surface area (Å²) >= 11 is 0. The first-order chi connectivity index (χ1) is 19.0. The number of piperidine rings is 1. The summed E-state index contributed by atoms with van der Waals surface area (Å²) in [7, 11) is 3.26. The second-order valence-electron chi connectivity index (χ2n) is 10.9. The van der Waals surface area contributed by atoms with E-state index in [9.17, 15) is 14.4 Å². The second-order valence-corrected chi connectivity index (χ2v) is 10.9. The highest BCUT2D eigenvalue weighted by atomic mass is 19.1. The molecule has 0 saturated carbocycles. The lowest BCUT2D eigenvalue weighted by molar-refractivity contribution is 0.0838. The molecule has 1 aliphatic rings. The lowest BCUT2D eigenvalue weighted by Gasteiger charge is -2.33. The van der Waals surface area contributed by atoms with E-state index in [2.05, 4.69) is 17.9 Å². The van der Waals surface area contributed by atoms with Gasteiger partial charge in [0.15, 0.2) is 17.3 Å². The van der Waals surface area contributed by atoms with Crippen LogP contribution in [0.25, 0.3) is 0 Å². The number of rotatable bonds is 16. The van der Waals surface area contributed by atoms with Gasteiger partial charge in [0.05, 0.1) is 25.7 Å². The van der Waals surface area contributed by atoms with Crippen LogP contribution in [-0.4, -0.2) is 44.5 Å². The van der Waals surface area contributed by atoms with E-state index in [1.54, 1.807) is 26.4 Å². The predicted molar refractivity (Wildman–Crippen MR) is 154 cm³/mol. The highest BCUT2D eigenvalue weighted by Gasteiger charge is 2.33. The molecule has 6 heteroatoms. The number of nitrogens with zero attached hydrogens (tertiary/aromatic N) is 2. The molecular weight excluding hydrogens is 491 g/mol. The number of carbonyl (C=O) groups is 1. The summed E-state index contributed by atoms with van der Waals surface area (Å²) in [6, 6.07) is 14.5. The van der Waals surface area contributed by atoms with Gasteiger partial charge in [-0.3, -0.25) is 4.79 Å². The second kappa shape index (κ2) is 15.6. The molecule has 1 unspecified atom stereocenters. The molecule has 2 aromatic rings. The normalized spacial score (nSPS) is 15.9. The number of hydrogen-bond donors (Lipinski definition) is 0. The SMILES string of the molecule is CCCCCCCCC(C#N)(CCCN1CCC(C(=O)c2ccc(F)cc2)CC1)c1ccc(OC)c(OC)c1. The van der Waals surface area contributed by atoms with Crippen LogP contribution < -0.4 is 9.47 Å². The number of Topliss-reactive ketones (excluding diaryl/α,β-unsaturated/α-hetero) is 1. The Hall–Kier alpha value is -2.91. The molecule has 1 fully saturated rings. The van der Waals surface area contributed by atoms with Crippen molar-refractivity contribution in [1.82, 2.24) is 4.90 Å². The van der Waals surface area contributed by atoms with Crippen LogP contribution in [0.1, 0.15) is 93.5 Å². The number of ketones is 1. The fourth-order valence-electron chi connectivity index (χ4n) is 5.80. The highest BCUT2D eigenvalue weighted by Crippen LogP contribution is 2.39. The summed E-state index contributed by atoms with van der Waals surface area (Å²) in [6.45, 7) is 4.87. The molecule has 0 spiro atoms. The maximum absolute atomic E-state index is 13.2. The van der Waals surface area contributed by atoms with Crippen LogP contribution in [0.15, 0.2) is 42.5 Å². The predicted octanol–water partition coefficient (Wildman–Crippen LogP) is 7.73. The lowest BCUT2D eigenvalue weighted by atomic mass is 9.74. The molecule has 1 atom stereocenters. The third kappa shape index (κ3) is 8.54. The molecule has 0 radical (unpaired) electrons. The Morgan fingerprint density at radius 3 is 2.23 bits per heavy atom. The average molecular weight is 537 g/mol. The van der Waals surface area contributed by atoms with Gasteiger partial charge in [-0.15, -0.1) is 0 Å². The van der Waals surface area contributed by atoms with Crippen LogP contribution in [0.2, 0.25) is 0 Å². The van der Waals surface area contributed by atoms with Gasteiger partial charge in [-0.05, 0) is 93.7 Å². The van der Waals surface area contributed by atoms with Crippen LogP contribution >= 0.6 is 0 Å². The summed E-state index contributed by atoms with van der Waals surface area (Å²) in [6.07, 6.45) is 11.3. The molecule has 0 bridgehead atoms. The van der Waals surface area contributed by atoms with Crippen LogP contribution in [-0.2, 0) is 5.41 Å². The number of methoxy groups -OCH3 is 2. The molecule has 1 aliphatic heterocycles. The number of ether oxygens (including phenoxy) is 2. The third-order valence-corrected chi connectivity index (χ3v) is 8.27. The Labute approximate surface area is 234 Å². The van der Waals surface area contributed by atoms with Crippen molar-refractivity contribution >= 4 is 5.78 Å². The van der Waals surface area contributed by atoms with Crippen molar-refractivity contribution in [3.8, 4) is 17.6 Å². The van der Waals surface area contributed by atoms with Crippen molar-refractivity contribution in [1.29, 1.82) is 5.26 Å². The van der Waals surface area contributed by atoms with Gasteiger partial charge in [0, 0.05) is 11.5 Å². The maximum atomic E-state index is 13.2. The standard InChI is InChI=1S/C33H45FN2O3/c1-4-5-6-7-8-9-19-33(25-35,28-13-16-30(38-2)31(24-28)39-3)20-10-21-36-22-17-27(18-23-36)32(37)26-11-14-29(34)15-12-26/h11-16,24,27H,4-10,17-23H2,1-3H3. The first kappa shape index (κ1) is 30.6. The molecule has 1 heterocycles. The van der Waals surface area contributed by atoms with Gasteiger partial charge < -0.3 is 14.4 Å².